The van der Waals surface area contributed by atoms with Crippen LogP contribution in [0.25, 0.3) is 0 Å². The van der Waals surface area contributed by atoms with Gasteiger partial charge in [0.15, 0.2) is 0 Å². The molecule has 2 heterocycles. The summed E-state index contributed by atoms with van der Waals surface area (Å²) < 4.78 is 0. The second kappa shape index (κ2) is 4.46. The number of hydrogen-bond donors (Lipinski definition) is 6. The number of aromatic nitrogens is 1. The van der Waals surface area contributed by atoms with Crippen LogP contribution in [0.5, 0.6) is 0 Å². The molecular formula is C10H16N4O3. The number of nitrogens with two attached hydrogens (primary N) is 2. The van der Waals surface area contributed by atoms with Gasteiger partial charge in [-0.1, -0.05) is 0 Å². The molecule has 94 valence electrons. The molecular weight excluding hydrogens is 224 g/mol. The van der Waals surface area contributed by atoms with Gasteiger partial charge in [-0.25, -0.2) is 4.98 Å². The summed E-state index contributed by atoms with van der Waals surface area (Å²) in [5, 5.41) is 31.5. The quantitative estimate of drug-likeness (QED) is 0.350. The van der Waals surface area contributed by atoms with Crippen molar-refractivity contribution in [1.29, 1.82) is 0 Å². The zero-order valence-corrected chi connectivity index (χ0v) is 9.11. The molecule has 7 nitrogen and oxygen atoms in total. The Morgan fingerprint density at radius 3 is 2.53 bits per heavy atom. The second-order valence-corrected chi connectivity index (χ2v) is 4.16. The number of nitrogens with one attached hydrogen (secondary N) is 1. The molecule has 7 heteroatoms. The van der Waals surface area contributed by atoms with Crippen molar-refractivity contribution in [3.05, 3.63) is 17.8 Å². The molecule has 1 aromatic rings. The predicted molar refractivity (Wildman–Crippen MR) is 61.8 cm³/mol. The van der Waals surface area contributed by atoms with Gasteiger partial charge < -0.3 is 32.1 Å². The maximum Gasteiger partial charge on any atom is 0.146 e. The molecule has 1 fully saturated rings. The molecule has 0 unspecified atom stereocenters. The Morgan fingerprint density at radius 2 is 2.00 bits per heavy atom. The highest BCUT2D eigenvalue weighted by Crippen LogP contribution is 2.28. The molecule has 17 heavy (non-hydrogen) atoms. The molecule has 1 aliphatic heterocycles. The zero-order chi connectivity index (χ0) is 12.6. The summed E-state index contributed by atoms with van der Waals surface area (Å²) >= 11 is 0. The number of aliphatic hydroxyl groups is 3. The number of aliphatic hydroxyl groups excluding tert-OH is 3. The fraction of sp³-hybridized carbons (Fsp3) is 0.500. The van der Waals surface area contributed by atoms with Crippen molar-refractivity contribution in [2.24, 2.45) is 0 Å². The van der Waals surface area contributed by atoms with Crippen LogP contribution in [0, 0.1) is 0 Å². The average molecular weight is 240 g/mol. The van der Waals surface area contributed by atoms with E-state index in [4.69, 9.17) is 16.6 Å². The van der Waals surface area contributed by atoms with E-state index < -0.39 is 24.3 Å². The van der Waals surface area contributed by atoms with Crippen molar-refractivity contribution in [3.8, 4) is 0 Å². The molecule has 4 atom stereocenters. The summed E-state index contributed by atoms with van der Waals surface area (Å²) in [6, 6.07) is 0.515. The first-order valence-electron chi connectivity index (χ1n) is 5.28. The van der Waals surface area contributed by atoms with E-state index in [1.54, 1.807) is 6.07 Å². The molecule has 0 spiro atoms. The summed E-state index contributed by atoms with van der Waals surface area (Å²) in [6.45, 7) is -0.257. The predicted octanol–water partition coefficient (Wildman–Crippen LogP) is -2.03. The van der Waals surface area contributed by atoms with Crippen LogP contribution in [0.2, 0.25) is 0 Å². The largest absolute Gasteiger partial charge is 0.396 e. The van der Waals surface area contributed by atoms with Crippen molar-refractivity contribution < 1.29 is 15.3 Å². The normalized spacial score (nSPS) is 32.9. The van der Waals surface area contributed by atoms with Crippen LogP contribution in [0.4, 0.5) is 11.5 Å². The summed E-state index contributed by atoms with van der Waals surface area (Å²) in [6.07, 6.45) is -0.556. The van der Waals surface area contributed by atoms with Gasteiger partial charge in [0.05, 0.1) is 30.5 Å². The second-order valence-electron chi connectivity index (χ2n) is 4.16. The van der Waals surface area contributed by atoms with Gasteiger partial charge in [0, 0.05) is 6.20 Å². The molecule has 1 aliphatic rings. The maximum atomic E-state index is 9.85. The van der Waals surface area contributed by atoms with Crippen molar-refractivity contribution in [2.75, 3.05) is 18.1 Å². The van der Waals surface area contributed by atoms with Crippen LogP contribution in [0.15, 0.2) is 12.3 Å². The van der Waals surface area contributed by atoms with Gasteiger partial charge in [0.25, 0.3) is 0 Å². The van der Waals surface area contributed by atoms with Gasteiger partial charge in [-0.3, -0.25) is 0 Å². The smallest absolute Gasteiger partial charge is 0.146 e. The maximum absolute atomic E-state index is 9.85. The van der Waals surface area contributed by atoms with Gasteiger partial charge in [-0.05, 0) is 11.6 Å². The van der Waals surface area contributed by atoms with Gasteiger partial charge >= 0.3 is 0 Å². The van der Waals surface area contributed by atoms with Crippen LogP contribution in [0.1, 0.15) is 11.6 Å². The number of pyridine rings is 1. The number of nitrogens with zero attached hydrogens (tertiary/aromatic N) is 1. The van der Waals surface area contributed by atoms with Gasteiger partial charge in [-0.15, -0.1) is 0 Å². The summed E-state index contributed by atoms with van der Waals surface area (Å²) in [5.41, 5.74) is 12.1. The molecule has 0 aromatic carbocycles. The average Bonchev–Trinajstić information content (AvgIpc) is 2.60. The molecule has 0 radical (unpaired) electrons. The third-order valence-corrected chi connectivity index (χ3v) is 3.02. The molecule has 0 saturated carbocycles. The molecule has 0 aliphatic carbocycles. The first-order chi connectivity index (χ1) is 8.04. The van der Waals surface area contributed by atoms with Crippen LogP contribution in [-0.2, 0) is 0 Å². The van der Waals surface area contributed by atoms with E-state index in [0.29, 0.717) is 11.3 Å². The van der Waals surface area contributed by atoms with E-state index in [1.807, 2.05) is 0 Å². The minimum Gasteiger partial charge on any atom is -0.396 e. The Balaban J connectivity index is 2.25. The van der Waals surface area contributed by atoms with Crippen LogP contribution in [-0.4, -0.2) is 45.2 Å². The Labute approximate surface area is 98.1 Å². The van der Waals surface area contributed by atoms with E-state index in [0.717, 1.165) is 0 Å². The van der Waals surface area contributed by atoms with Gasteiger partial charge in [0.1, 0.15) is 11.9 Å². The number of rotatable bonds is 2. The minimum atomic E-state index is -1.02. The molecule has 0 bridgehead atoms. The number of nitrogen functional groups attached to an aromatic ring is 2. The third-order valence-electron chi connectivity index (χ3n) is 3.02. The summed E-state index contributed by atoms with van der Waals surface area (Å²) in [4.78, 5) is 3.89. The standard InChI is InChI=1S/C10H16N4O3/c11-5-1-4(2-13-10(5)12)7-9(17)8(16)6(3-15)14-7/h1-2,6-9,14-17H,3,11H2,(H2,12,13)/t6-,7+,8-,9+/m1/s1. The SMILES string of the molecule is Nc1cc([C@@H]2N[C@H](CO)[C@@H](O)[C@H]2O)cnc1N. The lowest BCUT2D eigenvalue weighted by molar-refractivity contribution is 0.0194. The van der Waals surface area contributed by atoms with Crippen molar-refractivity contribution in [2.45, 2.75) is 24.3 Å². The highest BCUT2D eigenvalue weighted by molar-refractivity contribution is 5.59. The highest BCUT2D eigenvalue weighted by atomic mass is 16.3. The fourth-order valence-corrected chi connectivity index (χ4v) is 2.00. The monoisotopic (exact) mass is 240 g/mol. The highest BCUT2D eigenvalue weighted by Gasteiger charge is 2.41. The van der Waals surface area contributed by atoms with E-state index in [-0.39, 0.29) is 12.4 Å². The van der Waals surface area contributed by atoms with E-state index >= 15 is 0 Å². The number of hydrogen-bond acceptors (Lipinski definition) is 7. The summed E-state index contributed by atoms with van der Waals surface area (Å²) in [7, 11) is 0. The van der Waals surface area contributed by atoms with E-state index in [9.17, 15) is 10.2 Å². The zero-order valence-electron chi connectivity index (χ0n) is 9.11. The Hall–Kier alpha value is -1.41. The lowest BCUT2D eigenvalue weighted by Gasteiger charge is -2.16. The van der Waals surface area contributed by atoms with Gasteiger partial charge in [0.2, 0.25) is 0 Å². The minimum absolute atomic E-state index is 0.223. The van der Waals surface area contributed by atoms with Crippen molar-refractivity contribution in [3.63, 3.8) is 0 Å². The Kier molecular flexibility index (Phi) is 3.16. The third kappa shape index (κ3) is 2.05. The molecule has 8 N–H and O–H groups in total. The van der Waals surface area contributed by atoms with E-state index in [2.05, 4.69) is 10.3 Å². The van der Waals surface area contributed by atoms with Crippen LogP contribution < -0.4 is 16.8 Å². The van der Waals surface area contributed by atoms with Crippen LogP contribution >= 0.6 is 0 Å². The molecule has 2 rings (SSSR count). The fourth-order valence-electron chi connectivity index (χ4n) is 2.00. The molecule has 1 saturated heterocycles. The molecule has 0 amide bonds. The van der Waals surface area contributed by atoms with Crippen molar-refractivity contribution >= 4 is 11.5 Å². The van der Waals surface area contributed by atoms with Crippen molar-refractivity contribution in [1.82, 2.24) is 10.3 Å². The van der Waals surface area contributed by atoms with Gasteiger partial charge in [-0.2, -0.15) is 0 Å². The van der Waals surface area contributed by atoms with Crippen LogP contribution in [0.3, 0.4) is 0 Å². The first-order valence-corrected chi connectivity index (χ1v) is 5.28. The lowest BCUT2D eigenvalue weighted by Crippen LogP contribution is -2.35. The number of anilines is 2. The Morgan fingerprint density at radius 1 is 1.29 bits per heavy atom. The first kappa shape index (κ1) is 12.1. The lowest BCUT2D eigenvalue weighted by atomic mass is 10.0. The Bertz CT molecular complexity index is 415. The molecule has 1 aromatic heterocycles. The summed E-state index contributed by atoms with van der Waals surface area (Å²) in [5.74, 6) is 0.223. The van der Waals surface area contributed by atoms with E-state index in [1.165, 1.54) is 6.20 Å². The topological polar surface area (TPSA) is 138 Å².